The maximum atomic E-state index is 5.64. The van der Waals surface area contributed by atoms with Crippen molar-refractivity contribution < 1.29 is 4.42 Å². The Morgan fingerprint density at radius 3 is 2.80 bits per heavy atom. The van der Waals surface area contributed by atoms with Gasteiger partial charge in [0.05, 0.1) is 6.04 Å². The standard InChI is InChI=1S/C17H18N2O/c1-12-7-8-17(20-12)13(2)19-11-15-10-18-9-14-5-3-4-6-16(14)15/h3-10,13,19H,11H2,1-2H3. The number of furan rings is 1. The molecule has 1 unspecified atom stereocenters. The van der Waals surface area contributed by atoms with Gasteiger partial charge in [-0.2, -0.15) is 0 Å². The van der Waals surface area contributed by atoms with Gasteiger partial charge >= 0.3 is 0 Å². The summed E-state index contributed by atoms with van der Waals surface area (Å²) in [4.78, 5) is 4.30. The van der Waals surface area contributed by atoms with Crippen LogP contribution in [-0.4, -0.2) is 4.98 Å². The van der Waals surface area contributed by atoms with Crippen LogP contribution < -0.4 is 5.32 Å². The molecule has 3 aromatic rings. The summed E-state index contributed by atoms with van der Waals surface area (Å²) in [6.07, 6.45) is 3.83. The molecule has 0 aliphatic heterocycles. The van der Waals surface area contributed by atoms with Gasteiger partial charge in [-0.3, -0.25) is 4.98 Å². The fourth-order valence-electron chi connectivity index (χ4n) is 2.37. The number of hydrogen-bond donors (Lipinski definition) is 1. The summed E-state index contributed by atoms with van der Waals surface area (Å²) < 4.78 is 5.64. The van der Waals surface area contributed by atoms with Crippen LogP contribution in [0.3, 0.4) is 0 Å². The van der Waals surface area contributed by atoms with E-state index in [0.29, 0.717) is 0 Å². The fraction of sp³-hybridized carbons (Fsp3) is 0.235. The highest BCUT2D eigenvalue weighted by Gasteiger charge is 2.09. The summed E-state index contributed by atoms with van der Waals surface area (Å²) in [5, 5.41) is 5.91. The number of hydrogen-bond acceptors (Lipinski definition) is 3. The molecule has 102 valence electrons. The van der Waals surface area contributed by atoms with E-state index >= 15 is 0 Å². The number of nitrogens with zero attached hydrogens (tertiary/aromatic N) is 1. The molecule has 0 radical (unpaired) electrons. The van der Waals surface area contributed by atoms with Crippen LogP contribution in [0.2, 0.25) is 0 Å². The third kappa shape index (κ3) is 2.58. The second kappa shape index (κ2) is 5.47. The molecule has 0 aliphatic rings. The normalized spacial score (nSPS) is 12.7. The van der Waals surface area contributed by atoms with Gasteiger partial charge in [-0.1, -0.05) is 24.3 Å². The molecule has 0 saturated carbocycles. The molecular formula is C17H18N2O. The zero-order valence-electron chi connectivity index (χ0n) is 11.8. The molecule has 3 nitrogen and oxygen atoms in total. The molecular weight excluding hydrogens is 248 g/mol. The van der Waals surface area contributed by atoms with Crippen LogP contribution in [0, 0.1) is 6.92 Å². The molecule has 2 heterocycles. The van der Waals surface area contributed by atoms with Crippen LogP contribution in [0.25, 0.3) is 10.8 Å². The lowest BCUT2D eigenvalue weighted by Gasteiger charge is -2.12. The second-order valence-corrected chi connectivity index (χ2v) is 5.07. The van der Waals surface area contributed by atoms with E-state index in [1.807, 2.05) is 37.5 Å². The average molecular weight is 266 g/mol. The zero-order valence-corrected chi connectivity index (χ0v) is 11.8. The van der Waals surface area contributed by atoms with Crippen LogP contribution in [0.4, 0.5) is 0 Å². The number of rotatable bonds is 4. The highest BCUT2D eigenvalue weighted by atomic mass is 16.3. The lowest BCUT2D eigenvalue weighted by molar-refractivity contribution is 0.416. The van der Waals surface area contributed by atoms with Crippen molar-refractivity contribution in [3.63, 3.8) is 0 Å². The van der Waals surface area contributed by atoms with Crippen molar-refractivity contribution in [2.24, 2.45) is 0 Å². The Hall–Kier alpha value is -2.13. The van der Waals surface area contributed by atoms with Crippen molar-refractivity contribution in [3.8, 4) is 0 Å². The second-order valence-electron chi connectivity index (χ2n) is 5.07. The smallest absolute Gasteiger partial charge is 0.120 e. The minimum absolute atomic E-state index is 0.183. The Morgan fingerprint density at radius 2 is 2.00 bits per heavy atom. The van der Waals surface area contributed by atoms with E-state index in [9.17, 15) is 0 Å². The molecule has 1 atom stereocenters. The topological polar surface area (TPSA) is 38.1 Å². The quantitative estimate of drug-likeness (QED) is 0.776. The van der Waals surface area contributed by atoms with Gasteiger partial charge in [-0.05, 0) is 36.9 Å². The number of fused-ring (bicyclic) bond motifs is 1. The minimum Gasteiger partial charge on any atom is -0.465 e. The van der Waals surface area contributed by atoms with Gasteiger partial charge in [-0.15, -0.1) is 0 Å². The average Bonchev–Trinajstić information content (AvgIpc) is 2.91. The minimum atomic E-state index is 0.183. The molecule has 0 amide bonds. The molecule has 2 aromatic heterocycles. The highest BCUT2D eigenvalue weighted by molar-refractivity contribution is 5.84. The van der Waals surface area contributed by atoms with Crippen LogP contribution in [0.5, 0.6) is 0 Å². The number of aromatic nitrogens is 1. The Balaban J connectivity index is 1.77. The molecule has 1 N–H and O–H groups in total. The van der Waals surface area contributed by atoms with Gasteiger partial charge in [0.15, 0.2) is 0 Å². The third-order valence-electron chi connectivity index (χ3n) is 3.54. The number of aryl methyl sites for hydroxylation is 1. The zero-order chi connectivity index (χ0) is 13.9. The first kappa shape index (κ1) is 12.9. The Labute approximate surface area is 118 Å². The monoisotopic (exact) mass is 266 g/mol. The van der Waals surface area contributed by atoms with Crippen LogP contribution in [-0.2, 0) is 6.54 Å². The van der Waals surface area contributed by atoms with E-state index in [2.05, 4.69) is 35.4 Å². The molecule has 0 aliphatic carbocycles. The Morgan fingerprint density at radius 1 is 1.15 bits per heavy atom. The molecule has 3 heteroatoms. The predicted molar refractivity (Wildman–Crippen MR) is 80.4 cm³/mol. The van der Waals surface area contributed by atoms with Crippen molar-refractivity contribution in [3.05, 3.63) is 65.9 Å². The van der Waals surface area contributed by atoms with Gasteiger partial charge in [-0.25, -0.2) is 0 Å². The van der Waals surface area contributed by atoms with Gasteiger partial charge in [0.25, 0.3) is 0 Å². The van der Waals surface area contributed by atoms with E-state index in [1.165, 1.54) is 16.3 Å². The molecule has 3 rings (SSSR count). The van der Waals surface area contributed by atoms with Crippen molar-refractivity contribution >= 4 is 10.8 Å². The predicted octanol–water partition coefficient (Wildman–Crippen LogP) is 3.99. The van der Waals surface area contributed by atoms with Crippen LogP contribution in [0.1, 0.15) is 30.0 Å². The van der Waals surface area contributed by atoms with Crippen LogP contribution in [0.15, 0.2) is 53.2 Å². The van der Waals surface area contributed by atoms with Gasteiger partial charge < -0.3 is 9.73 Å². The first-order valence-electron chi connectivity index (χ1n) is 6.85. The maximum Gasteiger partial charge on any atom is 0.120 e. The van der Waals surface area contributed by atoms with E-state index < -0.39 is 0 Å². The van der Waals surface area contributed by atoms with Gasteiger partial charge in [0, 0.05) is 24.3 Å². The van der Waals surface area contributed by atoms with E-state index in [4.69, 9.17) is 4.42 Å². The van der Waals surface area contributed by atoms with E-state index in [1.54, 1.807) is 0 Å². The summed E-state index contributed by atoms with van der Waals surface area (Å²) in [6.45, 7) is 4.84. The Kier molecular flexibility index (Phi) is 3.52. The molecule has 0 saturated heterocycles. The lowest BCUT2D eigenvalue weighted by atomic mass is 10.1. The summed E-state index contributed by atoms with van der Waals surface area (Å²) >= 11 is 0. The van der Waals surface area contributed by atoms with Crippen molar-refractivity contribution in [2.45, 2.75) is 26.4 Å². The first-order chi connectivity index (χ1) is 9.74. The fourth-order valence-corrected chi connectivity index (χ4v) is 2.37. The largest absolute Gasteiger partial charge is 0.465 e. The SMILES string of the molecule is Cc1ccc(C(C)NCc2cncc3ccccc23)o1. The summed E-state index contributed by atoms with van der Waals surface area (Å²) in [6, 6.07) is 12.5. The first-order valence-corrected chi connectivity index (χ1v) is 6.85. The van der Waals surface area contributed by atoms with Gasteiger partial charge in [0.1, 0.15) is 11.5 Å². The van der Waals surface area contributed by atoms with Crippen LogP contribution >= 0.6 is 0 Å². The van der Waals surface area contributed by atoms with Crippen molar-refractivity contribution in [1.82, 2.24) is 10.3 Å². The lowest BCUT2D eigenvalue weighted by Crippen LogP contribution is -2.17. The summed E-state index contributed by atoms with van der Waals surface area (Å²) in [5.74, 6) is 1.91. The highest BCUT2D eigenvalue weighted by Crippen LogP contribution is 2.19. The van der Waals surface area contributed by atoms with E-state index in [0.717, 1.165) is 18.1 Å². The molecule has 0 spiro atoms. The molecule has 0 fully saturated rings. The van der Waals surface area contributed by atoms with Crippen molar-refractivity contribution in [1.29, 1.82) is 0 Å². The molecule has 0 bridgehead atoms. The third-order valence-corrected chi connectivity index (χ3v) is 3.54. The summed E-state index contributed by atoms with van der Waals surface area (Å²) in [5.41, 5.74) is 1.21. The number of nitrogens with one attached hydrogen (secondary N) is 1. The number of benzene rings is 1. The van der Waals surface area contributed by atoms with Gasteiger partial charge in [0.2, 0.25) is 0 Å². The maximum absolute atomic E-state index is 5.64. The summed E-state index contributed by atoms with van der Waals surface area (Å²) in [7, 11) is 0. The molecule has 1 aromatic carbocycles. The van der Waals surface area contributed by atoms with E-state index in [-0.39, 0.29) is 6.04 Å². The van der Waals surface area contributed by atoms with Crippen molar-refractivity contribution in [2.75, 3.05) is 0 Å². The number of pyridine rings is 1. The Bertz CT molecular complexity index is 712. The molecule has 20 heavy (non-hydrogen) atoms.